The average molecular weight is 585 g/mol. The number of pyridine rings is 1. The topological polar surface area (TPSA) is 97.5 Å². The summed E-state index contributed by atoms with van der Waals surface area (Å²) in [6.45, 7) is 1.05. The normalized spacial score (nSPS) is 18.3. The Morgan fingerprint density at radius 1 is 1.38 bits per heavy atom. The molecule has 2 atom stereocenters. The molecule has 0 spiro atoms. The van der Waals surface area contributed by atoms with Crippen molar-refractivity contribution < 1.29 is 32.2 Å². The van der Waals surface area contributed by atoms with Crippen molar-refractivity contribution in [3.05, 3.63) is 56.2 Å². The molecule has 3 aromatic rings. The molecule has 0 bridgehead atoms. The summed E-state index contributed by atoms with van der Waals surface area (Å²) >= 11 is 11.5. The Kier molecular flexibility index (Phi) is 8.74. The van der Waals surface area contributed by atoms with E-state index in [1.807, 2.05) is 6.07 Å². The SMILES string of the molecule is N[C@@H]1CCCO[C@H]1c1sc2c(NCc3ccccc3F)cc(Cl)nc2c1Br.O=C(O)C(F)(F)F. The number of hydrogen-bond donors (Lipinski definition) is 3. The first-order valence-corrected chi connectivity index (χ1v) is 11.9. The second kappa shape index (κ2) is 11.2. The standard InChI is InChI=1S/C19H18BrClFN3OS.C2HF3O2/c20-15-16-18(27-19(15)17-12(23)6-3-7-26-17)13(8-14(21)25-16)24-9-10-4-1-2-5-11(10)22;3-2(4,5)1(6)7/h1-2,4-5,8,12,17H,3,6-7,9,23H2,(H,24,25);(H,6,7)/t12-,17-;/m1./s1. The largest absolute Gasteiger partial charge is 0.490 e. The predicted molar refractivity (Wildman–Crippen MR) is 126 cm³/mol. The zero-order valence-corrected chi connectivity index (χ0v) is 20.5. The molecule has 184 valence electrons. The number of alkyl halides is 3. The molecule has 6 nitrogen and oxygen atoms in total. The van der Waals surface area contributed by atoms with Gasteiger partial charge >= 0.3 is 12.1 Å². The van der Waals surface area contributed by atoms with Crippen LogP contribution in [-0.2, 0) is 16.1 Å². The van der Waals surface area contributed by atoms with Gasteiger partial charge in [0, 0.05) is 30.8 Å². The van der Waals surface area contributed by atoms with Gasteiger partial charge in [0.05, 0.1) is 25.3 Å². The number of nitrogens with two attached hydrogens (primary N) is 1. The van der Waals surface area contributed by atoms with Crippen LogP contribution in [0, 0.1) is 5.82 Å². The quantitative estimate of drug-likeness (QED) is 0.247. The number of carboxylic acids is 1. The van der Waals surface area contributed by atoms with E-state index in [-0.39, 0.29) is 18.0 Å². The third-order valence-corrected chi connectivity index (χ3v) is 7.41. The van der Waals surface area contributed by atoms with E-state index in [9.17, 15) is 17.6 Å². The van der Waals surface area contributed by atoms with Gasteiger partial charge in [0.15, 0.2) is 0 Å². The zero-order valence-electron chi connectivity index (χ0n) is 17.3. The maximum Gasteiger partial charge on any atom is 0.490 e. The van der Waals surface area contributed by atoms with Crippen molar-refractivity contribution in [1.29, 1.82) is 0 Å². The maximum atomic E-state index is 13.9. The van der Waals surface area contributed by atoms with Gasteiger partial charge in [-0.05, 0) is 34.8 Å². The van der Waals surface area contributed by atoms with Gasteiger partial charge in [0.2, 0.25) is 0 Å². The van der Waals surface area contributed by atoms with Crippen molar-refractivity contribution in [2.24, 2.45) is 5.73 Å². The summed E-state index contributed by atoms with van der Waals surface area (Å²) in [4.78, 5) is 14.4. The van der Waals surface area contributed by atoms with Crippen LogP contribution in [0.4, 0.5) is 23.2 Å². The zero-order chi connectivity index (χ0) is 25.0. The number of aromatic nitrogens is 1. The monoisotopic (exact) mass is 583 g/mol. The summed E-state index contributed by atoms with van der Waals surface area (Å²) in [6, 6.07) is 8.42. The van der Waals surface area contributed by atoms with Crippen LogP contribution in [0.5, 0.6) is 0 Å². The molecule has 4 rings (SSSR count). The van der Waals surface area contributed by atoms with Crippen LogP contribution in [0.25, 0.3) is 10.2 Å². The van der Waals surface area contributed by atoms with Gasteiger partial charge in [0.1, 0.15) is 17.1 Å². The minimum absolute atomic E-state index is 0.0478. The van der Waals surface area contributed by atoms with E-state index < -0.39 is 12.1 Å². The van der Waals surface area contributed by atoms with Crippen molar-refractivity contribution in [3.63, 3.8) is 0 Å². The van der Waals surface area contributed by atoms with Crippen LogP contribution in [0.1, 0.15) is 29.4 Å². The van der Waals surface area contributed by atoms with Crippen LogP contribution >= 0.6 is 38.9 Å². The lowest BCUT2D eigenvalue weighted by atomic mass is 10.0. The molecule has 1 fully saturated rings. The van der Waals surface area contributed by atoms with Gasteiger partial charge in [-0.25, -0.2) is 14.2 Å². The summed E-state index contributed by atoms with van der Waals surface area (Å²) in [5.74, 6) is -3.00. The number of carboxylic acid groups (broad SMARTS) is 1. The summed E-state index contributed by atoms with van der Waals surface area (Å²) < 4.78 is 53.4. The molecule has 1 aliphatic rings. The first-order chi connectivity index (χ1) is 16.0. The van der Waals surface area contributed by atoms with Gasteiger partial charge < -0.3 is 20.9 Å². The fourth-order valence-electron chi connectivity index (χ4n) is 3.25. The number of fused-ring (bicyclic) bond motifs is 1. The molecule has 0 amide bonds. The molecule has 4 N–H and O–H groups in total. The highest BCUT2D eigenvalue weighted by Gasteiger charge is 2.38. The van der Waals surface area contributed by atoms with Crippen LogP contribution in [0.15, 0.2) is 34.8 Å². The average Bonchev–Trinajstić information content (AvgIpc) is 3.09. The Morgan fingerprint density at radius 3 is 2.68 bits per heavy atom. The number of benzene rings is 1. The van der Waals surface area contributed by atoms with Crippen molar-refractivity contribution in [2.75, 3.05) is 11.9 Å². The smallest absolute Gasteiger partial charge is 0.475 e. The molecule has 0 radical (unpaired) electrons. The van der Waals surface area contributed by atoms with Gasteiger partial charge in [-0.15, -0.1) is 11.3 Å². The van der Waals surface area contributed by atoms with Crippen molar-refractivity contribution in [2.45, 2.75) is 37.7 Å². The summed E-state index contributed by atoms with van der Waals surface area (Å²) in [7, 11) is 0. The summed E-state index contributed by atoms with van der Waals surface area (Å²) in [5.41, 5.74) is 8.45. The lowest BCUT2D eigenvalue weighted by Gasteiger charge is -2.28. The third kappa shape index (κ3) is 6.36. The van der Waals surface area contributed by atoms with Gasteiger partial charge in [0.25, 0.3) is 0 Å². The molecule has 3 heterocycles. The van der Waals surface area contributed by atoms with E-state index in [1.165, 1.54) is 6.07 Å². The number of nitrogens with one attached hydrogen (secondary N) is 1. The van der Waals surface area contributed by atoms with Crippen molar-refractivity contribution >= 4 is 60.7 Å². The van der Waals surface area contributed by atoms with E-state index in [4.69, 9.17) is 32.0 Å². The number of nitrogens with zero attached hydrogens (tertiary/aromatic N) is 1. The van der Waals surface area contributed by atoms with Gasteiger partial charge in [-0.3, -0.25) is 0 Å². The summed E-state index contributed by atoms with van der Waals surface area (Å²) in [5, 5.41) is 10.8. The number of carbonyl (C=O) groups is 1. The van der Waals surface area contributed by atoms with E-state index in [1.54, 1.807) is 29.5 Å². The van der Waals surface area contributed by atoms with E-state index in [0.717, 1.165) is 38.1 Å². The van der Waals surface area contributed by atoms with Crippen LogP contribution in [0.2, 0.25) is 5.15 Å². The first-order valence-electron chi connectivity index (χ1n) is 9.92. The first kappa shape index (κ1) is 26.6. The molecule has 1 aliphatic heterocycles. The molecular weight excluding hydrogens is 566 g/mol. The number of anilines is 1. The molecule has 0 unspecified atom stereocenters. The summed E-state index contributed by atoms with van der Waals surface area (Å²) in [6.07, 6.45) is -3.34. The number of halogens is 6. The van der Waals surface area contributed by atoms with Crippen molar-refractivity contribution in [1.82, 2.24) is 4.98 Å². The van der Waals surface area contributed by atoms with E-state index in [0.29, 0.717) is 23.9 Å². The molecule has 0 aliphatic carbocycles. The molecule has 13 heteroatoms. The molecule has 34 heavy (non-hydrogen) atoms. The maximum absolute atomic E-state index is 13.9. The van der Waals surface area contributed by atoms with Crippen LogP contribution in [0.3, 0.4) is 0 Å². The Bertz CT molecular complexity index is 1180. The lowest BCUT2D eigenvalue weighted by molar-refractivity contribution is -0.192. The second-order valence-electron chi connectivity index (χ2n) is 7.30. The Morgan fingerprint density at radius 2 is 2.06 bits per heavy atom. The molecule has 0 saturated carbocycles. The van der Waals surface area contributed by atoms with Gasteiger partial charge in [-0.1, -0.05) is 29.8 Å². The Balaban J connectivity index is 0.000000406. The fourth-order valence-corrected chi connectivity index (χ4v) is 5.58. The molecular formula is C21H19BrClF4N3O3S. The predicted octanol–water partition coefficient (Wildman–Crippen LogP) is 6.28. The molecule has 2 aromatic heterocycles. The number of rotatable bonds is 4. The number of thiophene rings is 1. The van der Waals surface area contributed by atoms with E-state index in [2.05, 4.69) is 26.2 Å². The second-order valence-corrected chi connectivity index (χ2v) is 9.53. The highest BCUT2D eigenvalue weighted by Crippen LogP contribution is 2.45. The fraction of sp³-hybridized carbons (Fsp3) is 0.333. The highest BCUT2D eigenvalue weighted by molar-refractivity contribution is 9.10. The van der Waals surface area contributed by atoms with Crippen LogP contribution in [-0.4, -0.2) is 34.9 Å². The van der Waals surface area contributed by atoms with Crippen molar-refractivity contribution in [3.8, 4) is 0 Å². The van der Waals surface area contributed by atoms with Crippen LogP contribution < -0.4 is 11.1 Å². The lowest BCUT2D eigenvalue weighted by Crippen LogP contribution is -2.34. The van der Waals surface area contributed by atoms with E-state index >= 15 is 0 Å². The minimum Gasteiger partial charge on any atom is -0.475 e. The Hall–Kier alpha value is -1.99. The van der Waals surface area contributed by atoms with Gasteiger partial charge in [-0.2, -0.15) is 13.2 Å². The number of ether oxygens (including phenoxy) is 1. The third-order valence-electron chi connectivity index (χ3n) is 4.87. The number of hydrogen-bond acceptors (Lipinski definition) is 6. The molecule has 1 aromatic carbocycles. The number of aliphatic carboxylic acids is 1. The molecule has 1 saturated heterocycles. The highest BCUT2D eigenvalue weighted by atomic mass is 79.9. The Labute approximate surface area is 209 Å². The minimum atomic E-state index is -5.08.